The maximum atomic E-state index is 12.5. The Hall–Kier alpha value is -1.90. The molecule has 0 fully saturated rings. The summed E-state index contributed by atoms with van der Waals surface area (Å²) in [5.41, 5.74) is 0.919. The molecule has 2 aromatic heterocycles. The maximum Gasteiger partial charge on any atom is 0.277 e. The fourth-order valence-corrected chi connectivity index (χ4v) is 3.76. The molecule has 0 aliphatic rings. The van der Waals surface area contributed by atoms with Crippen molar-refractivity contribution >= 4 is 56.0 Å². The van der Waals surface area contributed by atoms with E-state index < -0.39 is 5.91 Å². The summed E-state index contributed by atoms with van der Waals surface area (Å²) >= 11 is 8.90. The number of halogens is 1. The SMILES string of the molecule is COc1ccc2nc(NC(=O)c3nc(SC(C)C)ncc3Cl)sc2c1. The summed E-state index contributed by atoms with van der Waals surface area (Å²) in [6, 6.07) is 5.54. The number of hydrogen-bond donors (Lipinski definition) is 1. The first-order valence-corrected chi connectivity index (χ1v) is 9.49. The fraction of sp³-hybridized carbons (Fsp3) is 0.250. The number of nitrogens with zero attached hydrogens (tertiary/aromatic N) is 3. The summed E-state index contributed by atoms with van der Waals surface area (Å²) < 4.78 is 6.11. The van der Waals surface area contributed by atoms with Crippen LogP contribution in [0.1, 0.15) is 24.3 Å². The molecule has 1 N–H and O–H groups in total. The number of carbonyl (C=O) groups excluding carboxylic acids is 1. The smallest absolute Gasteiger partial charge is 0.277 e. The molecule has 0 saturated carbocycles. The molecule has 3 aromatic rings. The highest BCUT2D eigenvalue weighted by Crippen LogP contribution is 2.30. The maximum absolute atomic E-state index is 12.5. The van der Waals surface area contributed by atoms with E-state index in [0.717, 1.165) is 16.0 Å². The van der Waals surface area contributed by atoms with Gasteiger partial charge < -0.3 is 4.74 Å². The zero-order chi connectivity index (χ0) is 18.0. The van der Waals surface area contributed by atoms with Gasteiger partial charge in [-0.25, -0.2) is 15.0 Å². The predicted molar refractivity (Wildman–Crippen MR) is 102 cm³/mol. The number of amides is 1. The first-order valence-electron chi connectivity index (χ1n) is 7.41. The highest BCUT2D eigenvalue weighted by molar-refractivity contribution is 7.99. The van der Waals surface area contributed by atoms with Gasteiger partial charge >= 0.3 is 0 Å². The van der Waals surface area contributed by atoms with E-state index in [2.05, 4.69) is 20.3 Å². The van der Waals surface area contributed by atoms with E-state index in [9.17, 15) is 4.79 Å². The molecule has 0 aliphatic carbocycles. The number of ether oxygens (including phenoxy) is 1. The van der Waals surface area contributed by atoms with Crippen LogP contribution in [-0.2, 0) is 0 Å². The summed E-state index contributed by atoms with van der Waals surface area (Å²) in [6.07, 6.45) is 1.44. The van der Waals surface area contributed by atoms with Crippen LogP contribution in [0.2, 0.25) is 5.02 Å². The Morgan fingerprint density at radius 1 is 1.36 bits per heavy atom. The zero-order valence-corrected chi connectivity index (χ0v) is 16.1. The first kappa shape index (κ1) is 17.9. The summed E-state index contributed by atoms with van der Waals surface area (Å²) in [4.78, 5) is 25.3. The van der Waals surface area contributed by atoms with E-state index in [1.165, 1.54) is 29.3 Å². The average Bonchev–Trinajstić information content (AvgIpc) is 2.97. The Morgan fingerprint density at radius 3 is 2.88 bits per heavy atom. The number of benzene rings is 1. The number of rotatable bonds is 5. The molecule has 25 heavy (non-hydrogen) atoms. The third kappa shape index (κ3) is 4.20. The van der Waals surface area contributed by atoms with E-state index in [1.54, 1.807) is 7.11 Å². The Balaban J connectivity index is 1.84. The molecular formula is C16H15ClN4O2S2. The van der Waals surface area contributed by atoms with Gasteiger partial charge in [-0.2, -0.15) is 0 Å². The van der Waals surface area contributed by atoms with Gasteiger partial charge in [0, 0.05) is 5.25 Å². The van der Waals surface area contributed by atoms with Crippen molar-refractivity contribution in [1.82, 2.24) is 15.0 Å². The minimum Gasteiger partial charge on any atom is -0.497 e. The number of carbonyl (C=O) groups is 1. The Labute approximate surface area is 158 Å². The number of hydrogen-bond acceptors (Lipinski definition) is 7. The number of nitrogens with one attached hydrogen (secondary N) is 1. The second-order valence-electron chi connectivity index (χ2n) is 5.32. The van der Waals surface area contributed by atoms with Gasteiger partial charge in [0.15, 0.2) is 16.0 Å². The first-order chi connectivity index (χ1) is 12.0. The summed E-state index contributed by atoms with van der Waals surface area (Å²) in [5, 5.41) is 4.24. The highest BCUT2D eigenvalue weighted by Gasteiger charge is 2.17. The molecule has 0 bridgehead atoms. The zero-order valence-electron chi connectivity index (χ0n) is 13.7. The van der Waals surface area contributed by atoms with Crippen molar-refractivity contribution in [2.75, 3.05) is 12.4 Å². The molecule has 0 aliphatic heterocycles. The van der Waals surface area contributed by atoms with Crippen molar-refractivity contribution < 1.29 is 9.53 Å². The van der Waals surface area contributed by atoms with Gasteiger partial charge in [-0.1, -0.05) is 48.5 Å². The molecule has 1 amide bonds. The molecule has 6 nitrogen and oxygen atoms in total. The third-order valence-electron chi connectivity index (χ3n) is 3.09. The second kappa shape index (κ2) is 7.55. The number of anilines is 1. The Kier molecular flexibility index (Phi) is 5.41. The van der Waals surface area contributed by atoms with Gasteiger partial charge in [-0.3, -0.25) is 10.1 Å². The van der Waals surface area contributed by atoms with E-state index in [1.807, 2.05) is 32.0 Å². The van der Waals surface area contributed by atoms with Crippen LogP contribution in [-0.4, -0.2) is 33.2 Å². The Bertz CT molecular complexity index is 930. The van der Waals surface area contributed by atoms with Gasteiger partial charge in [0.25, 0.3) is 5.91 Å². The lowest BCUT2D eigenvalue weighted by atomic mass is 10.3. The molecule has 130 valence electrons. The van der Waals surface area contributed by atoms with E-state index in [0.29, 0.717) is 15.5 Å². The molecule has 0 spiro atoms. The third-order valence-corrected chi connectivity index (χ3v) is 5.18. The van der Waals surface area contributed by atoms with Crippen LogP contribution in [0.15, 0.2) is 29.6 Å². The molecule has 1 aromatic carbocycles. The molecule has 0 unspecified atom stereocenters. The van der Waals surface area contributed by atoms with Gasteiger partial charge in [0.05, 0.1) is 28.5 Å². The highest BCUT2D eigenvalue weighted by atomic mass is 35.5. The molecule has 0 saturated heterocycles. The number of methoxy groups -OCH3 is 1. The number of fused-ring (bicyclic) bond motifs is 1. The lowest BCUT2D eigenvalue weighted by Crippen LogP contribution is -2.15. The minimum absolute atomic E-state index is 0.136. The molecule has 3 rings (SSSR count). The number of aromatic nitrogens is 3. The normalized spacial score (nSPS) is 11.1. The largest absolute Gasteiger partial charge is 0.497 e. The van der Waals surface area contributed by atoms with Crippen LogP contribution in [0.3, 0.4) is 0 Å². The van der Waals surface area contributed by atoms with Gasteiger partial charge in [0.1, 0.15) is 5.75 Å². The van der Waals surface area contributed by atoms with Crippen LogP contribution in [0.25, 0.3) is 10.2 Å². The Morgan fingerprint density at radius 2 is 2.16 bits per heavy atom. The topological polar surface area (TPSA) is 77.0 Å². The summed E-state index contributed by atoms with van der Waals surface area (Å²) in [6.45, 7) is 4.05. The summed E-state index contributed by atoms with van der Waals surface area (Å²) in [7, 11) is 1.61. The second-order valence-corrected chi connectivity index (χ2v) is 8.30. The van der Waals surface area contributed by atoms with Crippen molar-refractivity contribution in [3.63, 3.8) is 0 Å². The number of thiazole rings is 1. The minimum atomic E-state index is -0.413. The lowest BCUT2D eigenvalue weighted by Gasteiger charge is -2.06. The van der Waals surface area contributed by atoms with Crippen molar-refractivity contribution in [1.29, 1.82) is 0 Å². The summed E-state index contributed by atoms with van der Waals surface area (Å²) in [5.74, 6) is 0.326. The van der Waals surface area contributed by atoms with Gasteiger partial charge in [0.2, 0.25) is 0 Å². The van der Waals surface area contributed by atoms with Crippen LogP contribution >= 0.6 is 34.7 Å². The van der Waals surface area contributed by atoms with Crippen molar-refractivity contribution in [2.24, 2.45) is 0 Å². The van der Waals surface area contributed by atoms with Crippen LogP contribution in [0.5, 0.6) is 5.75 Å². The molecule has 0 atom stereocenters. The lowest BCUT2D eigenvalue weighted by molar-refractivity contribution is 0.102. The van der Waals surface area contributed by atoms with Crippen LogP contribution < -0.4 is 10.1 Å². The van der Waals surface area contributed by atoms with Crippen molar-refractivity contribution in [3.05, 3.63) is 35.1 Å². The van der Waals surface area contributed by atoms with Gasteiger partial charge in [-0.05, 0) is 18.2 Å². The van der Waals surface area contributed by atoms with E-state index >= 15 is 0 Å². The predicted octanol–water partition coefficient (Wildman–Crippen LogP) is 4.50. The van der Waals surface area contributed by atoms with Crippen molar-refractivity contribution in [2.45, 2.75) is 24.3 Å². The van der Waals surface area contributed by atoms with Crippen LogP contribution in [0, 0.1) is 0 Å². The number of thioether (sulfide) groups is 1. The van der Waals surface area contributed by atoms with Crippen LogP contribution in [0.4, 0.5) is 5.13 Å². The van der Waals surface area contributed by atoms with E-state index in [4.69, 9.17) is 16.3 Å². The monoisotopic (exact) mass is 394 g/mol. The molecule has 0 radical (unpaired) electrons. The van der Waals surface area contributed by atoms with E-state index in [-0.39, 0.29) is 10.7 Å². The van der Waals surface area contributed by atoms with Gasteiger partial charge in [-0.15, -0.1) is 0 Å². The molecular weight excluding hydrogens is 380 g/mol. The van der Waals surface area contributed by atoms with Crippen molar-refractivity contribution in [3.8, 4) is 5.75 Å². The molecule has 9 heteroatoms. The quantitative estimate of drug-likeness (QED) is 0.507. The fourth-order valence-electron chi connectivity index (χ4n) is 2.02. The standard InChI is InChI=1S/C16H15ClN4O2S2/c1-8(2)24-15-18-7-10(17)13(20-15)14(22)21-16-19-11-5-4-9(23-3)6-12(11)25-16/h4-8H,1-3H3,(H,19,21,22). The molecule has 2 heterocycles. The average molecular weight is 395 g/mol.